The van der Waals surface area contributed by atoms with Gasteiger partial charge >= 0.3 is 0 Å². The van der Waals surface area contributed by atoms with Gasteiger partial charge in [0.05, 0.1) is 17.4 Å². The van der Waals surface area contributed by atoms with Gasteiger partial charge in [0.15, 0.2) is 0 Å². The molecule has 0 aliphatic carbocycles. The summed E-state index contributed by atoms with van der Waals surface area (Å²) in [5.74, 6) is 0. The minimum Gasteiger partial charge on any atom is -0.473 e. The zero-order chi connectivity index (χ0) is 12.0. The van der Waals surface area contributed by atoms with E-state index in [9.17, 15) is 8.42 Å². The molecule has 0 unspecified atom stereocenters. The Morgan fingerprint density at radius 3 is 1.88 bits per heavy atom. The summed E-state index contributed by atoms with van der Waals surface area (Å²) in [4.78, 5) is -0.0666. The molecular formula is C11H12O4S. The third-order valence-corrected chi connectivity index (χ3v) is 2.61. The van der Waals surface area contributed by atoms with E-state index in [0.717, 1.165) is 5.56 Å². The first-order valence-electron chi connectivity index (χ1n) is 4.51. The van der Waals surface area contributed by atoms with E-state index in [2.05, 4.69) is 4.42 Å². The first-order chi connectivity index (χ1) is 7.50. The second-order valence-electron chi connectivity index (χ2n) is 3.08. The SMILES string of the molecule is Cc1ccc(S(=O)(=O)O)cc1.c1ccoc1. The summed E-state index contributed by atoms with van der Waals surface area (Å²) in [7, 11) is -4.02. The van der Waals surface area contributed by atoms with Gasteiger partial charge in [-0.2, -0.15) is 8.42 Å². The highest BCUT2D eigenvalue weighted by atomic mass is 32.2. The molecule has 0 amide bonds. The van der Waals surface area contributed by atoms with Crippen LogP contribution < -0.4 is 0 Å². The van der Waals surface area contributed by atoms with E-state index in [4.69, 9.17) is 4.55 Å². The molecule has 0 spiro atoms. The Morgan fingerprint density at radius 2 is 1.56 bits per heavy atom. The Morgan fingerprint density at radius 1 is 1.06 bits per heavy atom. The maximum Gasteiger partial charge on any atom is 0.294 e. The smallest absolute Gasteiger partial charge is 0.294 e. The molecule has 1 N–H and O–H groups in total. The highest BCUT2D eigenvalue weighted by Crippen LogP contribution is 2.08. The van der Waals surface area contributed by atoms with Gasteiger partial charge in [0.1, 0.15) is 0 Å². The van der Waals surface area contributed by atoms with Crippen LogP contribution in [-0.2, 0) is 10.1 Å². The molecule has 0 atom stereocenters. The molecule has 0 radical (unpaired) electrons. The van der Waals surface area contributed by atoms with Crippen LogP contribution in [0.1, 0.15) is 5.56 Å². The quantitative estimate of drug-likeness (QED) is 0.778. The van der Waals surface area contributed by atoms with Gasteiger partial charge in [0.25, 0.3) is 10.1 Å². The maximum absolute atomic E-state index is 10.5. The Labute approximate surface area is 94.3 Å². The van der Waals surface area contributed by atoms with Crippen LogP contribution in [0.25, 0.3) is 0 Å². The van der Waals surface area contributed by atoms with Gasteiger partial charge in [-0.25, -0.2) is 0 Å². The molecule has 0 bridgehead atoms. The molecule has 4 nitrogen and oxygen atoms in total. The van der Waals surface area contributed by atoms with Crippen LogP contribution in [0.5, 0.6) is 0 Å². The highest BCUT2D eigenvalue weighted by molar-refractivity contribution is 7.85. The van der Waals surface area contributed by atoms with Gasteiger partial charge in [0, 0.05) is 0 Å². The summed E-state index contributed by atoms with van der Waals surface area (Å²) in [6, 6.07) is 9.65. The molecule has 0 aliphatic heterocycles. The van der Waals surface area contributed by atoms with Crippen molar-refractivity contribution in [3.05, 3.63) is 54.5 Å². The topological polar surface area (TPSA) is 67.5 Å². The Kier molecular flexibility index (Phi) is 4.28. The average Bonchev–Trinajstić information content (AvgIpc) is 2.74. The molecule has 0 saturated heterocycles. The molecule has 2 aromatic rings. The van der Waals surface area contributed by atoms with Crippen molar-refractivity contribution in [1.29, 1.82) is 0 Å². The first-order valence-corrected chi connectivity index (χ1v) is 5.95. The fraction of sp³-hybridized carbons (Fsp3) is 0.0909. The highest BCUT2D eigenvalue weighted by Gasteiger charge is 2.06. The largest absolute Gasteiger partial charge is 0.473 e. The Balaban J connectivity index is 0.000000212. The summed E-state index contributed by atoms with van der Waals surface area (Å²) >= 11 is 0. The van der Waals surface area contributed by atoms with Crippen LogP contribution in [-0.4, -0.2) is 13.0 Å². The molecular weight excluding hydrogens is 228 g/mol. The van der Waals surface area contributed by atoms with E-state index in [0.29, 0.717) is 0 Å². The van der Waals surface area contributed by atoms with Gasteiger partial charge in [0.2, 0.25) is 0 Å². The van der Waals surface area contributed by atoms with Crippen LogP contribution in [0, 0.1) is 6.92 Å². The summed E-state index contributed by atoms with van der Waals surface area (Å²) in [5.41, 5.74) is 0.956. The van der Waals surface area contributed by atoms with Crippen LogP contribution in [0.15, 0.2) is 58.2 Å². The lowest BCUT2D eigenvalue weighted by atomic mass is 10.2. The lowest BCUT2D eigenvalue weighted by Gasteiger charge is -1.95. The molecule has 16 heavy (non-hydrogen) atoms. The van der Waals surface area contributed by atoms with Crippen LogP contribution in [0.2, 0.25) is 0 Å². The van der Waals surface area contributed by atoms with E-state index >= 15 is 0 Å². The zero-order valence-corrected chi connectivity index (χ0v) is 9.52. The molecule has 1 aromatic heterocycles. The standard InChI is InChI=1S/C7H8O3S.C4H4O/c1-6-2-4-7(5-3-6)11(8,9)10;1-2-4-5-3-1/h2-5H,1H3,(H,8,9,10);1-4H. The van der Waals surface area contributed by atoms with E-state index in [1.165, 1.54) is 12.1 Å². The van der Waals surface area contributed by atoms with E-state index in [1.807, 2.05) is 19.1 Å². The van der Waals surface area contributed by atoms with Crippen molar-refractivity contribution in [2.24, 2.45) is 0 Å². The van der Waals surface area contributed by atoms with Crippen LogP contribution in [0.4, 0.5) is 0 Å². The number of hydrogen-bond acceptors (Lipinski definition) is 3. The molecule has 86 valence electrons. The molecule has 0 aliphatic rings. The minimum atomic E-state index is -4.02. The van der Waals surface area contributed by atoms with Crippen molar-refractivity contribution >= 4 is 10.1 Å². The normalized spacial score (nSPS) is 10.4. The number of hydrogen-bond donors (Lipinski definition) is 1. The minimum absolute atomic E-state index is 0.0666. The monoisotopic (exact) mass is 240 g/mol. The van der Waals surface area contributed by atoms with Gasteiger partial charge in [-0.15, -0.1) is 0 Å². The number of aryl methyl sites for hydroxylation is 1. The Bertz CT molecular complexity index is 480. The molecule has 2 rings (SSSR count). The number of rotatable bonds is 1. The predicted octanol–water partition coefficient (Wildman–Crippen LogP) is 2.52. The summed E-state index contributed by atoms with van der Waals surface area (Å²) in [6.07, 6.45) is 3.25. The molecule has 5 heteroatoms. The first kappa shape index (κ1) is 12.5. The number of furan rings is 1. The summed E-state index contributed by atoms with van der Waals surface area (Å²) < 4.78 is 34.1. The van der Waals surface area contributed by atoms with E-state index < -0.39 is 10.1 Å². The molecule has 0 saturated carbocycles. The molecule has 1 heterocycles. The fourth-order valence-electron chi connectivity index (χ4n) is 0.937. The third kappa shape index (κ3) is 4.29. The van der Waals surface area contributed by atoms with Gasteiger partial charge in [-0.3, -0.25) is 4.55 Å². The van der Waals surface area contributed by atoms with Crippen LogP contribution >= 0.6 is 0 Å². The van der Waals surface area contributed by atoms with E-state index in [-0.39, 0.29) is 4.90 Å². The van der Waals surface area contributed by atoms with E-state index in [1.54, 1.807) is 24.7 Å². The number of benzene rings is 1. The summed E-state index contributed by atoms with van der Waals surface area (Å²) in [6.45, 7) is 1.84. The fourth-order valence-corrected chi connectivity index (χ4v) is 1.42. The van der Waals surface area contributed by atoms with Crippen molar-refractivity contribution in [3.8, 4) is 0 Å². The predicted molar refractivity (Wildman–Crippen MR) is 59.7 cm³/mol. The maximum atomic E-state index is 10.5. The second-order valence-corrected chi connectivity index (χ2v) is 4.50. The summed E-state index contributed by atoms with van der Waals surface area (Å²) in [5, 5.41) is 0. The average molecular weight is 240 g/mol. The van der Waals surface area contributed by atoms with Gasteiger partial charge < -0.3 is 4.42 Å². The Hall–Kier alpha value is -1.59. The van der Waals surface area contributed by atoms with Crippen molar-refractivity contribution in [3.63, 3.8) is 0 Å². The zero-order valence-electron chi connectivity index (χ0n) is 8.70. The lowest BCUT2D eigenvalue weighted by Crippen LogP contribution is -1.96. The second kappa shape index (κ2) is 5.48. The molecule has 0 fully saturated rings. The van der Waals surface area contributed by atoms with Crippen LogP contribution in [0.3, 0.4) is 0 Å². The van der Waals surface area contributed by atoms with Crippen molar-refractivity contribution < 1.29 is 17.4 Å². The van der Waals surface area contributed by atoms with Crippen molar-refractivity contribution in [2.45, 2.75) is 11.8 Å². The molecule has 1 aromatic carbocycles. The lowest BCUT2D eigenvalue weighted by molar-refractivity contribution is 0.483. The van der Waals surface area contributed by atoms with Crippen molar-refractivity contribution in [1.82, 2.24) is 0 Å². The van der Waals surface area contributed by atoms with Gasteiger partial charge in [-0.1, -0.05) is 17.7 Å². The van der Waals surface area contributed by atoms with Gasteiger partial charge in [-0.05, 0) is 31.2 Å². The van der Waals surface area contributed by atoms with Crippen molar-refractivity contribution in [2.75, 3.05) is 0 Å². The third-order valence-electron chi connectivity index (χ3n) is 1.74.